The minimum Gasteiger partial charge on any atom is -0.342 e. The van der Waals surface area contributed by atoms with E-state index in [1.165, 1.54) is 16.5 Å². The minimum atomic E-state index is -0.470. The van der Waals surface area contributed by atoms with Gasteiger partial charge in [0.1, 0.15) is 0 Å². The molecule has 0 aliphatic carbocycles. The molecule has 0 saturated carbocycles. The Balaban J connectivity index is 1.50. The number of aryl methyl sites for hydroxylation is 2. The molecule has 8 heteroatoms. The molecule has 2 N–H and O–H groups in total. The van der Waals surface area contributed by atoms with E-state index >= 15 is 0 Å². The summed E-state index contributed by atoms with van der Waals surface area (Å²) >= 11 is 0. The van der Waals surface area contributed by atoms with Gasteiger partial charge in [-0.2, -0.15) is 0 Å². The predicted octanol–water partition coefficient (Wildman–Crippen LogP) is 3.24. The minimum absolute atomic E-state index is 0.0743. The van der Waals surface area contributed by atoms with Crippen molar-refractivity contribution in [2.45, 2.75) is 25.9 Å². The van der Waals surface area contributed by atoms with Crippen molar-refractivity contribution in [3.05, 3.63) is 77.9 Å². The molecule has 0 fully saturated rings. The van der Waals surface area contributed by atoms with Gasteiger partial charge in [0.2, 0.25) is 5.91 Å². The monoisotopic (exact) mass is 390 g/mol. The first kappa shape index (κ1) is 18.8. The van der Waals surface area contributed by atoms with Gasteiger partial charge in [-0.3, -0.25) is 20.0 Å². The van der Waals surface area contributed by atoms with E-state index in [2.05, 4.69) is 44.2 Å². The van der Waals surface area contributed by atoms with Crippen LogP contribution in [0.3, 0.4) is 0 Å². The summed E-state index contributed by atoms with van der Waals surface area (Å²) in [5.74, 6) is -0.470. The van der Waals surface area contributed by atoms with Crippen LogP contribution in [0.25, 0.3) is 10.9 Å². The van der Waals surface area contributed by atoms with Gasteiger partial charge in [-0.05, 0) is 47.7 Å². The molecule has 0 unspecified atom stereocenters. The van der Waals surface area contributed by atoms with E-state index in [1.807, 2.05) is 35.6 Å². The first-order valence-electron chi connectivity index (χ1n) is 9.47. The Morgan fingerprint density at radius 3 is 2.86 bits per heavy atom. The molecule has 3 aromatic rings. The molecule has 0 bridgehead atoms. The molecule has 2 aromatic heterocycles. The number of hydroxylamine groups is 1. The van der Waals surface area contributed by atoms with Gasteiger partial charge in [0, 0.05) is 36.6 Å². The van der Waals surface area contributed by atoms with Gasteiger partial charge in [-0.15, -0.1) is 5.11 Å². The van der Waals surface area contributed by atoms with Crippen molar-refractivity contribution in [3.8, 4) is 0 Å². The summed E-state index contributed by atoms with van der Waals surface area (Å²) in [6, 6.07) is 14.6. The fourth-order valence-electron chi connectivity index (χ4n) is 3.46. The number of amides is 1. The van der Waals surface area contributed by atoms with Crippen LogP contribution in [0.4, 0.5) is 0 Å². The number of rotatable bonds is 7. The molecule has 8 nitrogen and oxygen atoms in total. The number of aromatic nitrogens is 2. The Morgan fingerprint density at radius 1 is 1.21 bits per heavy atom. The summed E-state index contributed by atoms with van der Waals surface area (Å²) < 4.78 is 2.33. The zero-order chi connectivity index (χ0) is 20.1. The molecule has 1 aliphatic rings. The number of carbonyl (C=O) groups is 1. The van der Waals surface area contributed by atoms with Gasteiger partial charge in [0.25, 0.3) is 0 Å². The molecule has 0 radical (unpaired) electrons. The maximum Gasteiger partial charge on any atom is 0.247 e. The lowest BCUT2D eigenvalue weighted by atomic mass is 10.2. The van der Waals surface area contributed by atoms with E-state index in [0.717, 1.165) is 18.7 Å². The van der Waals surface area contributed by atoms with Gasteiger partial charge in [0.05, 0.1) is 18.8 Å². The highest BCUT2D eigenvalue weighted by atomic mass is 16.5. The van der Waals surface area contributed by atoms with Crippen molar-refractivity contribution in [2.75, 3.05) is 6.54 Å². The summed E-state index contributed by atoms with van der Waals surface area (Å²) in [5, 5.41) is 20.0. The van der Waals surface area contributed by atoms with Crippen LogP contribution in [0, 0.1) is 0 Å². The average molecular weight is 390 g/mol. The molecule has 0 spiro atoms. The van der Waals surface area contributed by atoms with Gasteiger partial charge in [0.15, 0.2) is 0 Å². The molecule has 3 heterocycles. The van der Waals surface area contributed by atoms with Crippen molar-refractivity contribution >= 4 is 16.8 Å². The Morgan fingerprint density at radius 2 is 2.03 bits per heavy atom. The van der Waals surface area contributed by atoms with E-state index in [1.54, 1.807) is 11.6 Å². The standard InChI is InChI=1S/C21H22N6O2/c28-21(24-29)6-5-18-14-26(25-23-18)15-19-13-17-3-1-2-4-20(17)27(19)12-9-16-7-10-22-11-8-16/h1-5,7-8,10-11,13,29H,6,9,12,14-15H2,(H,24,28)/b18-5-. The second-order valence-electron chi connectivity index (χ2n) is 6.90. The number of para-hydroxylation sites is 1. The highest BCUT2D eigenvalue weighted by molar-refractivity contribution is 5.81. The lowest BCUT2D eigenvalue weighted by Crippen LogP contribution is -2.19. The summed E-state index contributed by atoms with van der Waals surface area (Å²) in [7, 11) is 0. The quantitative estimate of drug-likeness (QED) is 0.478. The van der Waals surface area contributed by atoms with E-state index in [4.69, 9.17) is 5.21 Å². The van der Waals surface area contributed by atoms with Crippen molar-refractivity contribution in [2.24, 2.45) is 10.3 Å². The van der Waals surface area contributed by atoms with E-state index < -0.39 is 5.91 Å². The molecule has 1 aromatic carbocycles. The van der Waals surface area contributed by atoms with Crippen molar-refractivity contribution in [1.82, 2.24) is 20.0 Å². The number of fused-ring (bicyclic) bond motifs is 1. The largest absolute Gasteiger partial charge is 0.342 e. The van der Waals surface area contributed by atoms with Crippen LogP contribution in [0.1, 0.15) is 17.7 Å². The number of hydrogen-bond donors (Lipinski definition) is 2. The third kappa shape index (κ3) is 4.49. The highest BCUT2D eigenvalue weighted by Crippen LogP contribution is 2.24. The molecule has 148 valence electrons. The van der Waals surface area contributed by atoms with Crippen LogP contribution in [-0.4, -0.2) is 32.2 Å². The maximum absolute atomic E-state index is 11.2. The van der Waals surface area contributed by atoms with Crippen LogP contribution in [-0.2, 0) is 24.3 Å². The molecule has 0 atom stereocenters. The lowest BCUT2D eigenvalue weighted by molar-refractivity contribution is -0.128. The van der Waals surface area contributed by atoms with E-state index in [0.29, 0.717) is 18.8 Å². The van der Waals surface area contributed by atoms with Crippen LogP contribution in [0.15, 0.2) is 77.0 Å². The van der Waals surface area contributed by atoms with Gasteiger partial charge >= 0.3 is 0 Å². The van der Waals surface area contributed by atoms with Crippen LogP contribution < -0.4 is 5.48 Å². The number of carbonyl (C=O) groups excluding carboxylic acids is 1. The zero-order valence-corrected chi connectivity index (χ0v) is 15.9. The third-order valence-corrected chi connectivity index (χ3v) is 4.91. The van der Waals surface area contributed by atoms with Crippen molar-refractivity contribution in [3.63, 3.8) is 0 Å². The Bertz CT molecular complexity index is 1060. The smallest absolute Gasteiger partial charge is 0.247 e. The molecular weight excluding hydrogens is 368 g/mol. The fourth-order valence-corrected chi connectivity index (χ4v) is 3.46. The molecule has 4 rings (SSSR count). The van der Waals surface area contributed by atoms with E-state index in [9.17, 15) is 4.79 Å². The number of nitrogens with zero attached hydrogens (tertiary/aromatic N) is 5. The molecule has 0 saturated heterocycles. The second kappa shape index (κ2) is 8.66. The summed E-state index contributed by atoms with van der Waals surface area (Å²) in [4.78, 5) is 15.3. The number of benzene rings is 1. The first-order valence-corrected chi connectivity index (χ1v) is 9.47. The Hall–Kier alpha value is -3.52. The third-order valence-electron chi connectivity index (χ3n) is 4.91. The van der Waals surface area contributed by atoms with Crippen LogP contribution >= 0.6 is 0 Å². The van der Waals surface area contributed by atoms with Crippen LogP contribution in [0.5, 0.6) is 0 Å². The van der Waals surface area contributed by atoms with Crippen molar-refractivity contribution < 1.29 is 10.0 Å². The number of pyridine rings is 1. The second-order valence-corrected chi connectivity index (χ2v) is 6.90. The zero-order valence-electron chi connectivity index (χ0n) is 15.9. The van der Waals surface area contributed by atoms with Gasteiger partial charge in [-0.1, -0.05) is 23.4 Å². The maximum atomic E-state index is 11.2. The Kier molecular flexibility index (Phi) is 5.62. The molecule has 1 aliphatic heterocycles. The van der Waals surface area contributed by atoms with E-state index in [-0.39, 0.29) is 6.42 Å². The van der Waals surface area contributed by atoms with Gasteiger partial charge in [-0.25, -0.2) is 5.48 Å². The molecule has 29 heavy (non-hydrogen) atoms. The summed E-state index contributed by atoms with van der Waals surface area (Å²) in [6.45, 7) is 2.01. The summed E-state index contributed by atoms with van der Waals surface area (Å²) in [5.41, 5.74) is 5.93. The number of nitrogens with one attached hydrogen (secondary N) is 1. The normalized spacial score (nSPS) is 14.8. The van der Waals surface area contributed by atoms with Crippen LogP contribution in [0.2, 0.25) is 0 Å². The number of hydrogen-bond acceptors (Lipinski definition) is 6. The lowest BCUT2D eigenvalue weighted by Gasteiger charge is -2.15. The van der Waals surface area contributed by atoms with Gasteiger partial charge < -0.3 is 4.57 Å². The summed E-state index contributed by atoms with van der Waals surface area (Å²) in [6.07, 6.45) is 6.30. The Labute approximate surface area is 168 Å². The SMILES string of the molecule is O=C(C/C=C1/CN(Cc2cc3ccccc3n2CCc2ccncc2)N=N1)NO. The predicted molar refractivity (Wildman–Crippen MR) is 108 cm³/mol. The van der Waals surface area contributed by atoms with Crippen molar-refractivity contribution in [1.29, 1.82) is 0 Å². The highest BCUT2D eigenvalue weighted by Gasteiger charge is 2.17. The topological polar surface area (TPSA) is 95.1 Å². The molecular formula is C21H22N6O2. The molecule has 1 amide bonds. The average Bonchev–Trinajstić information content (AvgIpc) is 3.35. The fraction of sp³-hybridized carbons (Fsp3) is 0.238. The first-order chi connectivity index (χ1) is 14.2.